The monoisotopic (exact) mass is 319 g/mol. The molecule has 0 aliphatic heterocycles. The third-order valence-corrected chi connectivity index (χ3v) is 4.43. The van der Waals surface area contributed by atoms with Crippen molar-refractivity contribution < 1.29 is 4.74 Å². The molecule has 0 fully saturated rings. The largest absolute Gasteiger partial charge is 0.385 e. The third-order valence-electron chi connectivity index (χ3n) is 2.91. The first-order valence-electron chi connectivity index (χ1n) is 6.15. The minimum Gasteiger partial charge on any atom is -0.385 e. The van der Waals surface area contributed by atoms with E-state index >= 15 is 0 Å². The van der Waals surface area contributed by atoms with E-state index < -0.39 is 0 Å². The van der Waals surface area contributed by atoms with Gasteiger partial charge < -0.3 is 10.1 Å². The molecule has 0 saturated heterocycles. The van der Waals surface area contributed by atoms with Crippen molar-refractivity contribution in [3.63, 3.8) is 0 Å². The Labute approximate surface area is 117 Å². The molecule has 1 aromatic heterocycles. The number of hydrogen-bond donors (Lipinski definition) is 1. The minimum atomic E-state index is 0.438. The van der Waals surface area contributed by atoms with Crippen molar-refractivity contribution in [1.82, 2.24) is 5.32 Å². The van der Waals surface area contributed by atoms with Crippen LogP contribution in [-0.4, -0.2) is 20.3 Å². The smallest absolute Gasteiger partial charge is 0.0701 e. The minimum absolute atomic E-state index is 0.438. The van der Waals surface area contributed by atoms with Crippen molar-refractivity contribution in [3.05, 3.63) is 20.8 Å². The van der Waals surface area contributed by atoms with E-state index in [-0.39, 0.29) is 0 Å². The first kappa shape index (κ1) is 15.2. The highest BCUT2D eigenvalue weighted by Crippen LogP contribution is 2.30. The number of methoxy groups -OCH3 is 1. The van der Waals surface area contributed by atoms with Crippen molar-refractivity contribution in [1.29, 1.82) is 0 Å². The predicted octanol–water partition coefficient (Wildman–Crippen LogP) is 4.22. The molecule has 0 aromatic carbocycles. The van der Waals surface area contributed by atoms with Gasteiger partial charge in [0.25, 0.3) is 0 Å². The fourth-order valence-corrected chi connectivity index (χ4v) is 3.12. The predicted molar refractivity (Wildman–Crippen MR) is 78.7 cm³/mol. The van der Waals surface area contributed by atoms with Crippen LogP contribution in [0.15, 0.2) is 15.2 Å². The zero-order valence-corrected chi connectivity index (χ0v) is 13.2. The summed E-state index contributed by atoms with van der Waals surface area (Å²) in [7, 11) is 1.77. The lowest BCUT2D eigenvalue weighted by Gasteiger charge is -2.24. The quantitative estimate of drug-likeness (QED) is 0.774. The van der Waals surface area contributed by atoms with Crippen LogP contribution in [0.3, 0.4) is 0 Å². The van der Waals surface area contributed by atoms with Crippen molar-refractivity contribution in [2.75, 3.05) is 20.3 Å². The number of ether oxygens (including phenoxy) is 1. The van der Waals surface area contributed by atoms with E-state index in [1.54, 1.807) is 18.4 Å². The molecule has 1 aromatic rings. The number of hydrogen-bond acceptors (Lipinski definition) is 3. The molecule has 17 heavy (non-hydrogen) atoms. The molecule has 98 valence electrons. The van der Waals surface area contributed by atoms with E-state index in [4.69, 9.17) is 4.74 Å². The van der Waals surface area contributed by atoms with Crippen LogP contribution in [0.5, 0.6) is 0 Å². The Kier molecular flexibility index (Phi) is 7.35. The first-order chi connectivity index (χ1) is 8.19. The van der Waals surface area contributed by atoms with E-state index in [1.807, 2.05) is 0 Å². The summed E-state index contributed by atoms with van der Waals surface area (Å²) in [4.78, 5) is 0. The molecule has 0 saturated carbocycles. The molecule has 2 atom stereocenters. The second-order valence-corrected chi connectivity index (χ2v) is 6.67. The Morgan fingerprint density at radius 1 is 1.53 bits per heavy atom. The molecule has 0 spiro atoms. The molecule has 0 radical (unpaired) electrons. The lowest BCUT2D eigenvalue weighted by molar-refractivity contribution is 0.170. The number of nitrogens with one attached hydrogen (secondary N) is 1. The molecular formula is C13H22BrNOS. The van der Waals surface area contributed by atoms with Gasteiger partial charge in [-0.1, -0.05) is 13.8 Å². The second kappa shape index (κ2) is 8.25. The fourth-order valence-electron chi connectivity index (χ4n) is 1.90. The average Bonchev–Trinajstić information content (AvgIpc) is 2.73. The van der Waals surface area contributed by atoms with Crippen LogP contribution in [0, 0.1) is 5.92 Å². The molecule has 1 rings (SSSR count). The average molecular weight is 320 g/mol. The zero-order valence-electron chi connectivity index (χ0n) is 10.8. The molecule has 4 heteroatoms. The van der Waals surface area contributed by atoms with E-state index in [9.17, 15) is 0 Å². The molecule has 0 aliphatic rings. The summed E-state index contributed by atoms with van der Waals surface area (Å²) in [6.07, 6.45) is 2.25. The lowest BCUT2D eigenvalue weighted by atomic mass is 9.94. The van der Waals surface area contributed by atoms with Crippen LogP contribution in [0.2, 0.25) is 0 Å². The van der Waals surface area contributed by atoms with Crippen LogP contribution in [-0.2, 0) is 4.74 Å². The van der Waals surface area contributed by atoms with Crippen LogP contribution >= 0.6 is 27.3 Å². The van der Waals surface area contributed by atoms with Gasteiger partial charge in [0.1, 0.15) is 0 Å². The number of halogens is 1. The van der Waals surface area contributed by atoms with Crippen LogP contribution in [0.4, 0.5) is 0 Å². The van der Waals surface area contributed by atoms with Gasteiger partial charge in [0, 0.05) is 19.8 Å². The number of thiophene rings is 1. The van der Waals surface area contributed by atoms with E-state index in [0.29, 0.717) is 12.0 Å². The molecule has 0 bridgehead atoms. The maximum absolute atomic E-state index is 5.17. The van der Waals surface area contributed by atoms with Crippen LogP contribution < -0.4 is 5.32 Å². The third kappa shape index (κ3) is 5.08. The van der Waals surface area contributed by atoms with E-state index in [0.717, 1.165) is 19.6 Å². The summed E-state index contributed by atoms with van der Waals surface area (Å²) in [6.45, 7) is 6.39. The van der Waals surface area contributed by atoms with Crippen molar-refractivity contribution in [3.8, 4) is 0 Å². The maximum Gasteiger partial charge on any atom is 0.0701 e. The summed E-state index contributed by atoms with van der Waals surface area (Å²) >= 11 is 5.29. The highest BCUT2D eigenvalue weighted by atomic mass is 79.9. The summed E-state index contributed by atoms with van der Waals surface area (Å²) in [5.74, 6) is 0.586. The Morgan fingerprint density at radius 3 is 2.82 bits per heavy atom. The van der Waals surface area contributed by atoms with Gasteiger partial charge >= 0.3 is 0 Å². The van der Waals surface area contributed by atoms with Gasteiger partial charge in [-0.2, -0.15) is 0 Å². The molecule has 2 nitrogen and oxygen atoms in total. The molecular weight excluding hydrogens is 298 g/mol. The van der Waals surface area contributed by atoms with E-state index in [1.165, 1.54) is 15.8 Å². The topological polar surface area (TPSA) is 21.3 Å². The summed E-state index contributed by atoms with van der Waals surface area (Å²) in [6, 6.07) is 2.66. The standard InChI is InChI=1S/C13H22BrNOS/c1-4-6-15-13(10(2)5-7-16-3)11-8-12(14)17-9-11/h8-10,13,15H,4-7H2,1-3H3. The Balaban J connectivity index is 2.65. The molecule has 0 amide bonds. The maximum atomic E-state index is 5.17. The molecule has 1 heterocycles. The van der Waals surface area contributed by atoms with Crippen molar-refractivity contribution in [2.24, 2.45) is 5.92 Å². The summed E-state index contributed by atoms with van der Waals surface area (Å²) in [5, 5.41) is 5.87. The normalized spacial score (nSPS) is 14.8. The highest BCUT2D eigenvalue weighted by molar-refractivity contribution is 9.11. The Bertz CT molecular complexity index is 316. The van der Waals surface area contributed by atoms with Crippen molar-refractivity contribution in [2.45, 2.75) is 32.7 Å². The van der Waals surface area contributed by atoms with Crippen LogP contribution in [0.1, 0.15) is 38.3 Å². The first-order valence-corrected chi connectivity index (χ1v) is 7.82. The van der Waals surface area contributed by atoms with Gasteiger partial charge in [0.05, 0.1) is 3.79 Å². The van der Waals surface area contributed by atoms with Gasteiger partial charge in [-0.05, 0) is 58.2 Å². The van der Waals surface area contributed by atoms with Crippen molar-refractivity contribution >= 4 is 27.3 Å². The molecule has 2 unspecified atom stereocenters. The Morgan fingerprint density at radius 2 is 2.29 bits per heavy atom. The SMILES string of the molecule is CCCNC(c1csc(Br)c1)C(C)CCOC. The fraction of sp³-hybridized carbons (Fsp3) is 0.692. The second-order valence-electron chi connectivity index (χ2n) is 4.37. The lowest BCUT2D eigenvalue weighted by Crippen LogP contribution is -2.28. The van der Waals surface area contributed by atoms with Gasteiger partial charge in [-0.3, -0.25) is 0 Å². The zero-order chi connectivity index (χ0) is 12.7. The Hall–Kier alpha value is 0.1000. The number of rotatable bonds is 8. The molecule has 1 N–H and O–H groups in total. The van der Waals surface area contributed by atoms with Gasteiger partial charge in [-0.15, -0.1) is 11.3 Å². The van der Waals surface area contributed by atoms with E-state index in [2.05, 4.69) is 46.5 Å². The van der Waals surface area contributed by atoms with Gasteiger partial charge in [-0.25, -0.2) is 0 Å². The highest BCUT2D eigenvalue weighted by Gasteiger charge is 2.19. The van der Waals surface area contributed by atoms with Gasteiger partial charge in [0.15, 0.2) is 0 Å². The van der Waals surface area contributed by atoms with Gasteiger partial charge in [0.2, 0.25) is 0 Å². The molecule has 0 aliphatic carbocycles. The summed E-state index contributed by atoms with van der Waals surface area (Å²) < 4.78 is 6.38. The summed E-state index contributed by atoms with van der Waals surface area (Å²) in [5.41, 5.74) is 1.39. The van der Waals surface area contributed by atoms with Crippen LogP contribution in [0.25, 0.3) is 0 Å².